The first-order chi connectivity index (χ1) is 21.5. The first kappa shape index (κ1) is 34.7. The van der Waals surface area contributed by atoms with Gasteiger partial charge in [-0.1, -0.05) is 101 Å². The van der Waals surface area contributed by atoms with E-state index in [2.05, 4.69) is 87.9 Å². The van der Waals surface area contributed by atoms with E-state index in [-0.39, 0.29) is 23.0 Å². The molecule has 5 nitrogen and oxygen atoms in total. The summed E-state index contributed by atoms with van der Waals surface area (Å²) in [5, 5.41) is 0.958. The van der Waals surface area contributed by atoms with Crippen LogP contribution in [0.5, 0.6) is 11.5 Å². The van der Waals surface area contributed by atoms with Crippen molar-refractivity contribution in [3.05, 3.63) is 118 Å². The molecule has 0 radical (unpaired) electrons. The minimum atomic E-state index is -0.269. The third-order valence-corrected chi connectivity index (χ3v) is 8.59. The van der Waals surface area contributed by atoms with E-state index < -0.39 is 0 Å². The molecule has 4 rings (SSSR count). The molecule has 240 valence electrons. The minimum Gasteiger partial charge on any atom is -0.494 e. The van der Waals surface area contributed by atoms with Gasteiger partial charge in [-0.05, 0) is 95.2 Å². The standard InChI is InChI=1S/C38H46Cl2N2O3/c1-7-19-43-31-13-9-11-27(21-31)33(23-37(3,4)29-15-17-35(39)41-25-29)45-34(28-12-10-14-32(22-28)44-20-8-2)24-38(5,6)30-16-18-36(40)42-26-30/h9-18,21-22,25-26,33-34H,7-8,19-20,23-24H2,1-6H3. The molecule has 7 heteroatoms. The van der Waals surface area contributed by atoms with Crippen molar-refractivity contribution in [2.75, 3.05) is 13.2 Å². The fraction of sp³-hybridized carbons (Fsp3) is 0.421. The highest BCUT2D eigenvalue weighted by Crippen LogP contribution is 2.43. The second-order valence-corrected chi connectivity index (χ2v) is 13.6. The van der Waals surface area contributed by atoms with E-state index in [1.54, 1.807) is 0 Å². The minimum absolute atomic E-state index is 0.259. The van der Waals surface area contributed by atoms with Crippen molar-refractivity contribution in [1.82, 2.24) is 9.97 Å². The predicted molar refractivity (Wildman–Crippen MR) is 185 cm³/mol. The number of rotatable bonds is 16. The van der Waals surface area contributed by atoms with Gasteiger partial charge < -0.3 is 14.2 Å². The van der Waals surface area contributed by atoms with Gasteiger partial charge in [0.05, 0.1) is 25.4 Å². The molecule has 4 aromatic rings. The summed E-state index contributed by atoms with van der Waals surface area (Å²) >= 11 is 12.3. The predicted octanol–water partition coefficient (Wildman–Crippen LogP) is 10.9. The van der Waals surface area contributed by atoms with Crippen LogP contribution in [0.3, 0.4) is 0 Å². The Hall–Kier alpha value is -3.12. The Balaban J connectivity index is 1.76. The number of benzene rings is 2. The van der Waals surface area contributed by atoms with Gasteiger partial charge in [0, 0.05) is 12.4 Å². The fourth-order valence-corrected chi connectivity index (χ4v) is 5.67. The molecule has 0 amide bonds. The maximum Gasteiger partial charge on any atom is 0.129 e. The SMILES string of the molecule is CCCOc1cccc(C(CC(C)(C)c2ccc(Cl)nc2)OC(CC(C)(C)c2ccc(Cl)nc2)c2cccc(OCCC)c2)c1. The Labute approximate surface area is 279 Å². The molecular formula is C38H46Cl2N2O3. The van der Waals surface area contributed by atoms with Crippen molar-refractivity contribution < 1.29 is 14.2 Å². The van der Waals surface area contributed by atoms with Gasteiger partial charge in [0.1, 0.15) is 21.8 Å². The lowest BCUT2D eigenvalue weighted by Gasteiger charge is -2.36. The molecule has 2 atom stereocenters. The molecular weight excluding hydrogens is 603 g/mol. The third kappa shape index (κ3) is 9.93. The van der Waals surface area contributed by atoms with Crippen LogP contribution in [0.25, 0.3) is 0 Å². The van der Waals surface area contributed by atoms with Crippen molar-refractivity contribution in [1.29, 1.82) is 0 Å². The van der Waals surface area contributed by atoms with Gasteiger partial charge in [-0.3, -0.25) is 0 Å². The quantitative estimate of drug-likeness (QED) is 0.113. The van der Waals surface area contributed by atoms with Crippen LogP contribution in [0, 0.1) is 0 Å². The van der Waals surface area contributed by atoms with Crippen LogP contribution in [-0.2, 0) is 15.6 Å². The van der Waals surface area contributed by atoms with Gasteiger partial charge in [0.25, 0.3) is 0 Å². The lowest BCUT2D eigenvalue weighted by molar-refractivity contribution is -0.0414. The number of pyridine rings is 2. The normalized spacial score (nSPS) is 13.3. The number of hydrogen-bond acceptors (Lipinski definition) is 5. The van der Waals surface area contributed by atoms with Crippen LogP contribution in [0.4, 0.5) is 0 Å². The smallest absolute Gasteiger partial charge is 0.129 e. The number of halogens is 2. The first-order valence-corrected chi connectivity index (χ1v) is 16.6. The Morgan fingerprint density at radius 1 is 0.622 bits per heavy atom. The molecule has 45 heavy (non-hydrogen) atoms. The second kappa shape index (κ2) is 15.9. The van der Waals surface area contributed by atoms with E-state index in [9.17, 15) is 0 Å². The Morgan fingerprint density at radius 2 is 1.04 bits per heavy atom. The molecule has 0 aliphatic carbocycles. The van der Waals surface area contributed by atoms with Gasteiger partial charge >= 0.3 is 0 Å². The fourth-order valence-electron chi connectivity index (χ4n) is 5.45. The molecule has 2 aromatic carbocycles. The Kier molecular flexibility index (Phi) is 12.3. The molecule has 0 spiro atoms. The summed E-state index contributed by atoms with van der Waals surface area (Å²) in [5.41, 5.74) is 3.78. The zero-order valence-electron chi connectivity index (χ0n) is 27.4. The van der Waals surface area contributed by atoms with E-state index in [1.807, 2.05) is 48.8 Å². The zero-order valence-corrected chi connectivity index (χ0v) is 28.9. The maximum atomic E-state index is 7.30. The molecule has 0 bridgehead atoms. The van der Waals surface area contributed by atoms with Crippen LogP contribution in [0.1, 0.15) is 102 Å². The molecule has 0 saturated carbocycles. The van der Waals surface area contributed by atoms with Gasteiger partial charge in [-0.15, -0.1) is 0 Å². The van der Waals surface area contributed by atoms with Crippen LogP contribution in [0.2, 0.25) is 10.3 Å². The number of aromatic nitrogens is 2. The van der Waals surface area contributed by atoms with Gasteiger partial charge in [0.2, 0.25) is 0 Å². The van der Waals surface area contributed by atoms with Crippen LogP contribution < -0.4 is 9.47 Å². The van der Waals surface area contributed by atoms with Crippen molar-refractivity contribution >= 4 is 23.2 Å². The van der Waals surface area contributed by atoms with Gasteiger partial charge in [-0.2, -0.15) is 0 Å². The molecule has 2 unspecified atom stereocenters. The summed E-state index contributed by atoms with van der Waals surface area (Å²) in [6.45, 7) is 14.4. The summed E-state index contributed by atoms with van der Waals surface area (Å²) in [6, 6.07) is 24.4. The number of hydrogen-bond donors (Lipinski definition) is 0. The molecule has 0 aliphatic rings. The summed E-state index contributed by atoms with van der Waals surface area (Å²) in [5.74, 6) is 1.68. The summed E-state index contributed by atoms with van der Waals surface area (Å²) in [7, 11) is 0. The highest BCUT2D eigenvalue weighted by molar-refractivity contribution is 6.29. The molecule has 0 fully saturated rings. The molecule has 0 N–H and O–H groups in total. The topological polar surface area (TPSA) is 53.5 Å². The van der Waals surface area contributed by atoms with Crippen LogP contribution in [-0.4, -0.2) is 23.2 Å². The van der Waals surface area contributed by atoms with E-state index >= 15 is 0 Å². The second-order valence-electron chi connectivity index (χ2n) is 12.9. The summed E-state index contributed by atoms with van der Waals surface area (Å²) < 4.78 is 19.4. The Bertz CT molecular complexity index is 1380. The highest BCUT2D eigenvalue weighted by Gasteiger charge is 2.33. The first-order valence-electron chi connectivity index (χ1n) is 15.9. The van der Waals surface area contributed by atoms with Crippen LogP contribution >= 0.6 is 23.2 Å². The molecule has 2 aromatic heterocycles. The number of nitrogens with zero attached hydrogens (tertiary/aromatic N) is 2. The lowest BCUT2D eigenvalue weighted by Crippen LogP contribution is -2.27. The molecule has 0 saturated heterocycles. The largest absolute Gasteiger partial charge is 0.494 e. The van der Waals surface area contributed by atoms with Crippen molar-refractivity contribution in [2.45, 2.75) is 90.3 Å². The average molecular weight is 650 g/mol. The van der Waals surface area contributed by atoms with Crippen molar-refractivity contribution in [2.24, 2.45) is 0 Å². The van der Waals surface area contributed by atoms with Crippen molar-refractivity contribution in [3.63, 3.8) is 0 Å². The molecule has 2 heterocycles. The molecule has 0 aliphatic heterocycles. The van der Waals surface area contributed by atoms with E-state index in [0.29, 0.717) is 36.4 Å². The van der Waals surface area contributed by atoms with Gasteiger partial charge in [0.15, 0.2) is 0 Å². The Morgan fingerprint density at radius 3 is 1.40 bits per heavy atom. The highest BCUT2D eigenvalue weighted by atomic mass is 35.5. The zero-order chi connectivity index (χ0) is 32.5. The average Bonchev–Trinajstić information content (AvgIpc) is 3.02. The van der Waals surface area contributed by atoms with Crippen LogP contribution in [0.15, 0.2) is 85.2 Å². The van der Waals surface area contributed by atoms with E-state index in [4.69, 9.17) is 37.4 Å². The maximum absolute atomic E-state index is 7.30. The third-order valence-electron chi connectivity index (χ3n) is 8.14. The van der Waals surface area contributed by atoms with E-state index in [1.165, 1.54) is 0 Å². The number of ether oxygens (including phenoxy) is 3. The van der Waals surface area contributed by atoms with Gasteiger partial charge in [-0.25, -0.2) is 9.97 Å². The lowest BCUT2D eigenvalue weighted by atomic mass is 9.78. The van der Waals surface area contributed by atoms with Crippen molar-refractivity contribution in [3.8, 4) is 11.5 Å². The monoisotopic (exact) mass is 648 g/mol. The van der Waals surface area contributed by atoms with E-state index in [0.717, 1.165) is 46.6 Å². The summed E-state index contributed by atoms with van der Waals surface area (Å²) in [4.78, 5) is 8.76. The summed E-state index contributed by atoms with van der Waals surface area (Å²) in [6.07, 6.45) is 6.50.